The Balaban J connectivity index is 0.000000180. The number of aldehydes is 1. The van der Waals surface area contributed by atoms with Crippen molar-refractivity contribution < 1.29 is 45.3 Å². The second-order valence-corrected chi connectivity index (χ2v) is 6.80. The van der Waals surface area contributed by atoms with Crippen LogP contribution in [0.2, 0.25) is 0 Å². The molecule has 5 nitrogen and oxygen atoms in total. The SMILES string of the molecule is CON1C(=O)CCC1=O.O=Cc1cc[c]([Hg])cc1. The van der Waals surface area contributed by atoms with Crippen molar-refractivity contribution in [3.05, 3.63) is 29.8 Å². The molecule has 0 unspecified atom stereocenters. The second kappa shape index (κ2) is 7.38. The van der Waals surface area contributed by atoms with E-state index >= 15 is 0 Å². The molecule has 2 amide bonds. The molecule has 2 rings (SSSR count). The molecule has 1 aromatic rings. The van der Waals surface area contributed by atoms with Crippen LogP contribution < -0.4 is 3.07 Å². The third-order valence-corrected chi connectivity index (χ3v) is 4.14. The van der Waals surface area contributed by atoms with Gasteiger partial charge in [0.25, 0.3) is 11.8 Å². The first kappa shape index (κ1) is 15.0. The van der Waals surface area contributed by atoms with Gasteiger partial charge in [-0.25, -0.2) is 0 Å². The molecule has 1 heterocycles. The molecular weight excluding hydrogens is 423 g/mol. The van der Waals surface area contributed by atoms with Gasteiger partial charge >= 0.3 is 70.1 Å². The van der Waals surface area contributed by atoms with Crippen molar-refractivity contribution in [3.63, 3.8) is 0 Å². The van der Waals surface area contributed by atoms with Crippen LogP contribution in [0.15, 0.2) is 24.3 Å². The van der Waals surface area contributed by atoms with Crippen LogP contribution in [0.4, 0.5) is 0 Å². The minimum absolute atomic E-state index is 0.248. The molecule has 0 N–H and O–H groups in total. The molecule has 91 valence electrons. The first-order chi connectivity index (χ1) is 8.58. The Morgan fingerprint density at radius 2 is 1.67 bits per heavy atom. The average Bonchev–Trinajstić information content (AvgIpc) is 2.70. The monoisotopic (exact) mass is 436 g/mol. The van der Waals surface area contributed by atoms with Gasteiger partial charge in [-0.3, -0.25) is 14.4 Å². The van der Waals surface area contributed by atoms with Gasteiger partial charge in [-0.1, -0.05) is 0 Å². The van der Waals surface area contributed by atoms with Gasteiger partial charge < -0.3 is 0 Å². The fourth-order valence-corrected chi connectivity index (χ4v) is 2.27. The zero-order valence-corrected chi connectivity index (χ0v) is 15.6. The summed E-state index contributed by atoms with van der Waals surface area (Å²) in [5.74, 6) is -0.495. The first-order valence-electron chi connectivity index (χ1n) is 5.35. The summed E-state index contributed by atoms with van der Waals surface area (Å²) in [5.41, 5.74) is 0.768. The van der Waals surface area contributed by atoms with Gasteiger partial charge in [0.2, 0.25) is 0 Å². The van der Waals surface area contributed by atoms with Gasteiger partial charge in [0.15, 0.2) is 0 Å². The predicted octanol–water partition coefficient (Wildman–Crippen LogP) is 0.368. The summed E-state index contributed by atoms with van der Waals surface area (Å²) in [6, 6.07) is 7.73. The normalized spacial score (nSPS) is 14.3. The van der Waals surface area contributed by atoms with Crippen molar-refractivity contribution in [1.82, 2.24) is 5.06 Å². The summed E-state index contributed by atoms with van der Waals surface area (Å²) in [5, 5.41) is 0.792. The Bertz CT molecular complexity index is 428. The number of amides is 2. The Kier molecular flexibility index (Phi) is 6.14. The third kappa shape index (κ3) is 4.31. The molecular formula is C12H12HgNO4. The number of imide groups is 1. The molecule has 1 aliphatic heterocycles. The molecule has 1 aromatic carbocycles. The van der Waals surface area contributed by atoms with Crippen LogP contribution in [-0.4, -0.2) is 30.3 Å². The zero-order valence-electron chi connectivity index (χ0n) is 10.1. The number of hydrogen-bond acceptors (Lipinski definition) is 4. The Hall–Kier alpha value is -1.07. The van der Waals surface area contributed by atoms with E-state index in [4.69, 9.17) is 0 Å². The van der Waals surface area contributed by atoms with Crippen LogP contribution in [0, 0.1) is 0 Å². The molecule has 0 aliphatic carbocycles. The van der Waals surface area contributed by atoms with E-state index in [1.165, 1.54) is 10.2 Å². The summed E-state index contributed by atoms with van der Waals surface area (Å²) in [6.07, 6.45) is 1.44. The second-order valence-electron chi connectivity index (χ2n) is 3.62. The standard InChI is InChI=1S/C7H5O.C5H7NO3.Hg/c8-6-7-4-2-1-3-5-7;1-9-6-4(7)2-3-5(6)8;/h2-6H;2-3H2,1H3;. The minimum atomic E-state index is -0.248. The summed E-state index contributed by atoms with van der Waals surface area (Å²) >= 11 is 0.684. The number of hydrogen-bond donors (Lipinski definition) is 0. The zero-order chi connectivity index (χ0) is 13.5. The van der Waals surface area contributed by atoms with E-state index in [0.29, 0.717) is 26.1 Å². The van der Waals surface area contributed by atoms with E-state index in [1.807, 2.05) is 24.3 Å². The van der Waals surface area contributed by atoms with Gasteiger partial charge in [0, 0.05) is 12.8 Å². The molecule has 0 saturated carbocycles. The van der Waals surface area contributed by atoms with E-state index < -0.39 is 0 Å². The fraction of sp³-hybridized carbons (Fsp3) is 0.250. The molecule has 1 fully saturated rings. The number of benzene rings is 1. The van der Waals surface area contributed by atoms with Crippen molar-refractivity contribution >= 4 is 21.2 Å². The van der Waals surface area contributed by atoms with Gasteiger partial charge in [0.05, 0.1) is 7.11 Å². The van der Waals surface area contributed by atoms with Crippen LogP contribution in [0.1, 0.15) is 23.2 Å². The molecule has 0 spiro atoms. The molecule has 0 bridgehead atoms. The quantitative estimate of drug-likeness (QED) is 0.383. The first-order valence-corrected chi connectivity index (χ1v) is 8.10. The van der Waals surface area contributed by atoms with Gasteiger partial charge in [-0.05, 0) is 0 Å². The topological polar surface area (TPSA) is 63.7 Å². The molecule has 18 heavy (non-hydrogen) atoms. The third-order valence-electron chi connectivity index (χ3n) is 2.30. The van der Waals surface area contributed by atoms with Crippen molar-refractivity contribution in [1.29, 1.82) is 0 Å². The fourth-order valence-electron chi connectivity index (χ4n) is 1.36. The summed E-state index contributed by atoms with van der Waals surface area (Å²) in [7, 11) is 1.31. The van der Waals surface area contributed by atoms with Crippen LogP contribution in [0.5, 0.6) is 0 Å². The molecule has 6 heteroatoms. The van der Waals surface area contributed by atoms with Crippen LogP contribution in [-0.2, 0) is 40.5 Å². The van der Waals surface area contributed by atoms with Gasteiger partial charge in [0.1, 0.15) is 0 Å². The van der Waals surface area contributed by atoms with Gasteiger partial charge in [-0.2, -0.15) is 5.06 Å². The molecule has 0 radical (unpaired) electrons. The van der Waals surface area contributed by atoms with Crippen molar-refractivity contribution in [2.45, 2.75) is 12.8 Å². The Morgan fingerprint density at radius 3 is 2.00 bits per heavy atom. The Labute approximate surface area is 121 Å². The number of carbonyl (C=O) groups is 3. The van der Waals surface area contributed by atoms with Crippen molar-refractivity contribution in [2.75, 3.05) is 7.11 Å². The van der Waals surface area contributed by atoms with Crippen molar-refractivity contribution in [3.8, 4) is 0 Å². The summed E-state index contributed by atoms with van der Waals surface area (Å²) in [6.45, 7) is 0. The maximum atomic E-state index is 10.6. The molecule has 0 atom stereocenters. The summed E-state index contributed by atoms with van der Waals surface area (Å²) < 4.78 is 1.38. The number of nitrogens with zero attached hydrogens (tertiary/aromatic N) is 1. The van der Waals surface area contributed by atoms with Crippen molar-refractivity contribution in [2.24, 2.45) is 0 Å². The molecule has 1 aliphatic rings. The number of carbonyl (C=O) groups excluding carboxylic acids is 3. The Morgan fingerprint density at radius 1 is 1.17 bits per heavy atom. The average molecular weight is 435 g/mol. The number of hydroxylamine groups is 2. The van der Waals surface area contributed by atoms with Crippen LogP contribution >= 0.6 is 0 Å². The number of rotatable bonds is 2. The van der Waals surface area contributed by atoms with E-state index in [0.717, 1.165) is 16.9 Å². The molecule has 0 aromatic heterocycles. The van der Waals surface area contributed by atoms with Gasteiger partial charge in [-0.15, -0.1) is 0 Å². The van der Waals surface area contributed by atoms with E-state index in [9.17, 15) is 14.4 Å². The van der Waals surface area contributed by atoms with Crippen LogP contribution in [0.3, 0.4) is 0 Å². The molecule has 1 saturated heterocycles. The predicted molar refractivity (Wildman–Crippen MR) is 59.6 cm³/mol. The van der Waals surface area contributed by atoms with E-state index in [1.54, 1.807) is 0 Å². The van der Waals surface area contributed by atoms with E-state index in [2.05, 4.69) is 4.84 Å². The summed E-state index contributed by atoms with van der Waals surface area (Å²) in [4.78, 5) is 35.8. The van der Waals surface area contributed by atoms with E-state index in [-0.39, 0.29) is 24.7 Å². The maximum absolute atomic E-state index is 10.6. The van der Waals surface area contributed by atoms with Crippen LogP contribution in [0.25, 0.3) is 0 Å².